The zero-order chi connectivity index (χ0) is 20.4. The van der Waals surface area contributed by atoms with E-state index in [-0.39, 0.29) is 30.4 Å². The average molecular weight is 394 g/mol. The molecule has 0 aromatic heterocycles. The largest absolute Gasteiger partial charge is 0.486 e. The number of hydrogen-bond donors (Lipinski definition) is 1. The van der Waals surface area contributed by atoms with Gasteiger partial charge in [0.15, 0.2) is 17.3 Å². The minimum Gasteiger partial charge on any atom is -0.486 e. The van der Waals surface area contributed by atoms with E-state index in [1.54, 1.807) is 23.1 Å². The van der Waals surface area contributed by atoms with E-state index in [0.717, 1.165) is 17.7 Å². The summed E-state index contributed by atoms with van der Waals surface area (Å²) in [4.78, 5) is 38.2. The van der Waals surface area contributed by atoms with Crippen molar-refractivity contribution >= 4 is 29.0 Å². The normalized spacial score (nSPS) is 14.3. The topological polar surface area (TPSA) is 84.9 Å². The van der Waals surface area contributed by atoms with Gasteiger partial charge < -0.3 is 19.7 Å². The molecule has 0 bridgehead atoms. The van der Waals surface area contributed by atoms with E-state index in [0.29, 0.717) is 42.5 Å². The quantitative estimate of drug-likeness (QED) is 0.788. The maximum atomic E-state index is 12.4. The summed E-state index contributed by atoms with van der Waals surface area (Å²) in [5.41, 5.74) is 3.04. The van der Waals surface area contributed by atoms with E-state index in [1.807, 2.05) is 18.2 Å². The predicted molar refractivity (Wildman–Crippen MR) is 108 cm³/mol. The van der Waals surface area contributed by atoms with Crippen LogP contribution in [0.5, 0.6) is 11.5 Å². The number of carbonyl (C=O) groups excluding carboxylic acids is 3. The number of hydrogen-bond acceptors (Lipinski definition) is 5. The molecule has 2 amide bonds. The van der Waals surface area contributed by atoms with Gasteiger partial charge in [-0.3, -0.25) is 14.4 Å². The number of amides is 2. The number of fused-ring (bicyclic) bond motifs is 2. The van der Waals surface area contributed by atoms with Crippen molar-refractivity contribution in [3.63, 3.8) is 0 Å². The van der Waals surface area contributed by atoms with Gasteiger partial charge in [-0.05, 0) is 42.3 Å². The zero-order valence-corrected chi connectivity index (χ0v) is 16.2. The van der Waals surface area contributed by atoms with Gasteiger partial charge in [0.25, 0.3) is 0 Å². The summed E-state index contributed by atoms with van der Waals surface area (Å²) >= 11 is 0. The van der Waals surface area contributed by atoms with E-state index in [4.69, 9.17) is 9.47 Å². The Bertz CT molecular complexity index is 985. The highest BCUT2D eigenvalue weighted by Crippen LogP contribution is 2.32. The molecule has 7 nitrogen and oxygen atoms in total. The maximum Gasteiger partial charge on any atom is 0.224 e. The molecule has 0 radical (unpaired) electrons. The van der Waals surface area contributed by atoms with Crippen molar-refractivity contribution in [1.82, 2.24) is 0 Å². The molecule has 2 aliphatic heterocycles. The van der Waals surface area contributed by atoms with Gasteiger partial charge in [-0.1, -0.05) is 6.07 Å². The van der Waals surface area contributed by atoms with Crippen molar-refractivity contribution in [3.8, 4) is 11.5 Å². The van der Waals surface area contributed by atoms with Crippen LogP contribution in [0.4, 0.5) is 11.4 Å². The number of nitrogens with one attached hydrogen (secondary N) is 1. The third kappa shape index (κ3) is 4.08. The fourth-order valence-corrected chi connectivity index (χ4v) is 3.60. The first-order valence-electron chi connectivity index (χ1n) is 9.65. The Labute approximate surface area is 168 Å². The maximum absolute atomic E-state index is 12.4. The van der Waals surface area contributed by atoms with Crippen LogP contribution < -0.4 is 19.7 Å². The summed E-state index contributed by atoms with van der Waals surface area (Å²) < 4.78 is 10.9. The van der Waals surface area contributed by atoms with Gasteiger partial charge in [-0.25, -0.2) is 0 Å². The molecule has 1 N–H and O–H groups in total. The molecule has 7 heteroatoms. The minimum atomic E-state index is -0.247. The lowest BCUT2D eigenvalue weighted by Gasteiger charge is -2.18. The zero-order valence-electron chi connectivity index (χ0n) is 16.2. The first-order valence-corrected chi connectivity index (χ1v) is 9.65. The van der Waals surface area contributed by atoms with Crippen LogP contribution in [-0.2, 0) is 16.0 Å². The van der Waals surface area contributed by atoms with Gasteiger partial charge >= 0.3 is 0 Å². The average Bonchev–Trinajstić information content (AvgIpc) is 3.15. The van der Waals surface area contributed by atoms with Crippen LogP contribution in [0.1, 0.15) is 35.7 Å². The van der Waals surface area contributed by atoms with Crippen LogP contribution in [0.25, 0.3) is 0 Å². The number of ether oxygens (including phenoxy) is 2. The highest BCUT2D eigenvalue weighted by atomic mass is 16.6. The van der Waals surface area contributed by atoms with Crippen molar-refractivity contribution < 1.29 is 23.9 Å². The molecule has 2 aromatic carbocycles. The standard InChI is InChI=1S/C22H22N2O5/c1-14(25)24-9-8-15-2-4-17(13-18(15)24)23-22(27)7-5-19(26)16-3-6-20-21(12-16)29-11-10-28-20/h2-4,6,12-13H,5,7-11H2,1H3,(H,23,27). The number of rotatable bonds is 5. The Hall–Kier alpha value is -3.35. The predicted octanol–water partition coefficient (Wildman–Crippen LogP) is 2.97. The molecule has 29 heavy (non-hydrogen) atoms. The smallest absolute Gasteiger partial charge is 0.224 e. The highest BCUT2D eigenvalue weighted by Gasteiger charge is 2.22. The van der Waals surface area contributed by atoms with Crippen LogP contribution in [0.2, 0.25) is 0 Å². The molecule has 0 aliphatic carbocycles. The van der Waals surface area contributed by atoms with Gasteiger partial charge in [0.05, 0.1) is 0 Å². The fourth-order valence-electron chi connectivity index (χ4n) is 3.60. The van der Waals surface area contributed by atoms with Gasteiger partial charge in [0, 0.05) is 43.2 Å². The third-order valence-corrected chi connectivity index (χ3v) is 5.09. The van der Waals surface area contributed by atoms with Crippen LogP contribution in [0, 0.1) is 0 Å². The molecule has 0 saturated heterocycles. The monoisotopic (exact) mass is 394 g/mol. The summed E-state index contributed by atoms with van der Waals surface area (Å²) in [6, 6.07) is 10.6. The van der Waals surface area contributed by atoms with Crippen molar-refractivity contribution in [1.29, 1.82) is 0 Å². The van der Waals surface area contributed by atoms with E-state index >= 15 is 0 Å². The molecule has 0 spiro atoms. The van der Waals surface area contributed by atoms with Crippen LogP contribution in [-0.4, -0.2) is 37.4 Å². The second kappa shape index (κ2) is 7.95. The Morgan fingerprint density at radius 1 is 1.00 bits per heavy atom. The van der Waals surface area contributed by atoms with Crippen molar-refractivity contribution in [2.24, 2.45) is 0 Å². The molecule has 150 valence electrons. The summed E-state index contributed by atoms with van der Waals surface area (Å²) in [6.45, 7) is 3.14. The third-order valence-electron chi connectivity index (χ3n) is 5.09. The Kier molecular flexibility index (Phi) is 5.20. The fraction of sp³-hybridized carbons (Fsp3) is 0.318. The molecule has 4 rings (SSSR count). The summed E-state index contributed by atoms with van der Waals surface area (Å²) in [5.74, 6) is 0.788. The lowest BCUT2D eigenvalue weighted by molar-refractivity contribution is -0.117. The molecule has 0 saturated carbocycles. The summed E-state index contributed by atoms with van der Waals surface area (Å²) in [6.07, 6.45) is 0.976. The molecule has 0 fully saturated rings. The van der Waals surface area contributed by atoms with Crippen molar-refractivity contribution in [2.45, 2.75) is 26.2 Å². The number of Topliss-reactive ketones (excluding diaryl/α,β-unsaturated/α-hetero) is 1. The second-order valence-corrected chi connectivity index (χ2v) is 7.09. The molecule has 2 aromatic rings. The van der Waals surface area contributed by atoms with E-state index < -0.39 is 0 Å². The Morgan fingerprint density at radius 3 is 2.59 bits per heavy atom. The van der Waals surface area contributed by atoms with Crippen molar-refractivity contribution in [2.75, 3.05) is 30.0 Å². The number of ketones is 1. The first kappa shape index (κ1) is 19.0. The molecule has 2 aliphatic rings. The van der Waals surface area contributed by atoms with Gasteiger partial charge in [0.1, 0.15) is 13.2 Å². The SMILES string of the molecule is CC(=O)N1CCc2ccc(NC(=O)CCC(=O)c3ccc4c(c3)OCCO4)cc21. The van der Waals surface area contributed by atoms with Crippen LogP contribution in [0.3, 0.4) is 0 Å². The molecule has 0 atom stereocenters. The van der Waals surface area contributed by atoms with E-state index in [9.17, 15) is 14.4 Å². The minimum absolute atomic E-state index is 0.0164. The number of anilines is 2. The number of benzene rings is 2. The summed E-state index contributed by atoms with van der Waals surface area (Å²) in [5, 5.41) is 2.81. The lowest BCUT2D eigenvalue weighted by Crippen LogP contribution is -2.25. The van der Waals surface area contributed by atoms with Gasteiger partial charge in [-0.2, -0.15) is 0 Å². The van der Waals surface area contributed by atoms with Crippen LogP contribution in [0.15, 0.2) is 36.4 Å². The number of carbonyl (C=O) groups is 3. The van der Waals surface area contributed by atoms with Crippen molar-refractivity contribution in [3.05, 3.63) is 47.5 Å². The van der Waals surface area contributed by atoms with E-state index in [1.165, 1.54) is 6.92 Å². The summed E-state index contributed by atoms with van der Waals surface area (Å²) in [7, 11) is 0. The van der Waals surface area contributed by atoms with E-state index in [2.05, 4.69) is 5.32 Å². The first-order chi connectivity index (χ1) is 14.0. The van der Waals surface area contributed by atoms with Gasteiger partial charge in [0.2, 0.25) is 11.8 Å². The Morgan fingerprint density at radius 2 is 1.79 bits per heavy atom. The highest BCUT2D eigenvalue weighted by molar-refractivity contribution is 6.01. The van der Waals surface area contributed by atoms with Crippen LogP contribution >= 0.6 is 0 Å². The Balaban J connectivity index is 1.35. The lowest BCUT2D eigenvalue weighted by atomic mass is 10.1. The number of nitrogens with zero attached hydrogens (tertiary/aromatic N) is 1. The molecular weight excluding hydrogens is 372 g/mol. The molecule has 2 heterocycles. The molecule has 0 unspecified atom stereocenters. The second-order valence-electron chi connectivity index (χ2n) is 7.09. The molecular formula is C22H22N2O5. The van der Waals surface area contributed by atoms with Gasteiger partial charge in [-0.15, -0.1) is 0 Å².